The van der Waals surface area contributed by atoms with Crippen LogP contribution in [0.1, 0.15) is 15.9 Å². The lowest BCUT2D eigenvalue weighted by molar-refractivity contribution is 0.105. The van der Waals surface area contributed by atoms with Gasteiger partial charge in [-0.3, -0.25) is 4.79 Å². The molecule has 0 fully saturated rings. The van der Waals surface area contributed by atoms with E-state index in [4.69, 9.17) is 4.74 Å². The maximum Gasteiger partial charge on any atom is 0.240 e. The molecule has 2 aromatic rings. The van der Waals surface area contributed by atoms with E-state index in [0.29, 0.717) is 11.3 Å². The van der Waals surface area contributed by atoms with Crippen molar-refractivity contribution in [3.63, 3.8) is 0 Å². The van der Waals surface area contributed by atoms with Crippen LogP contribution in [0.25, 0.3) is 0 Å². The van der Waals surface area contributed by atoms with Crippen molar-refractivity contribution in [2.45, 2.75) is 0 Å². The Morgan fingerprint density at radius 2 is 1.89 bits per heavy atom. The Bertz CT molecular complexity index is 651. The molecule has 0 radical (unpaired) electrons. The average molecular weight is 315 g/mol. The van der Waals surface area contributed by atoms with Crippen LogP contribution in [0.3, 0.4) is 0 Å². The van der Waals surface area contributed by atoms with Crippen LogP contribution in [0.15, 0.2) is 53.0 Å². The molecule has 0 heterocycles. The number of hydrogen-bond acceptors (Lipinski definition) is 2. The Balaban J connectivity index is 2.31. The van der Waals surface area contributed by atoms with Crippen LogP contribution in [0.5, 0.6) is 5.75 Å². The summed E-state index contributed by atoms with van der Waals surface area (Å²) in [6, 6.07) is 14.7. The molecule has 0 saturated carbocycles. The van der Waals surface area contributed by atoms with E-state index in [2.05, 4.69) is 27.8 Å². The van der Waals surface area contributed by atoms with Crippen molar-refractivity contribution >= 4 is 21.7 Å². The molecule has 2 rings (SSSR count). The predicted octanol–water partition coefficient (Wildman–Crippen LogP) is 3.69. The van der Waals surface area contributed by atoms with Crippen molar-refractivity contribution in [2.75, 3.05) is 7.11 Å². The van der Waals surface area contributed by atoms with Gasteiger partial charge in [-0.05, 0) is 36.3 Å². The fourth-order valence-corrected chi connectivity index (χ4v) is 1.94. The van der Waals surface area contributed by atoms with Gasteiger partial charge in [0.05, 0.1) is 12.7 Å². The molecule has 0 N–H and O–H groups in total. The van der Waals surface area contributed by atoms with Gasteiger partial charge < -0.3 is 4.74 Å². The second-order valence-corrected chi connectivity index (χ2v) is 4.71. The quantitative estimate of drug-likeness (QED) is 0.624. The first kappa shape index (κ1) is 13.4. The molecular formula is C16H11BrO2. The van der Waals surface area contributed by atoms with E-state index in [1.54, 1.807) is 12.1 Å². The highest BCUT2D eigenvalue weighted by Gasteiger charge is 2.10. The van der Waals surface area contributed by atoms with Crippen LogP contribution in [0, 0.1) is 11.8 Å². The molecule has 94 valence electrons. The van der Waals surface area contributed by atoms with E-state index in [1.165, 1.54) is 7.11 Å². The van der Waals surface area contributed by atoms with E-state index < -0.39 is 0 Å². The number of ether oxygens (including phenoxy) is 1. The summed E-state index contributed by atoms with van der Waals surface area (Å²) in [6.45, 7) is 0. The lowest BCUT2D eigenvalue weighted by Gasteiger charge is -2.04. The number of benzene rings is 2. The lowest BCUT2D eigenvalue weighted by atomic mass is 10.1. The molecule has 0 atom stereocenters. The fourth-order valence-electron chi connectivity index (χ4n) is 1.58. The maximum atomic E-state index is 12.1. The molecule has 0 aliphatic heterocycles. The summed E-state index contributed by atoms with van der Waals surface area (Å²) in [7, 11) is 1.53. The second-order valence-electron chi connectivity index (χ2n) is 3.79. The van der Waals surface area contributed by atoms with Gasteiger partial charge in [0.15, 0.2) is 0 Å². The van der Waals surface area contributed by atoms with Crippen LogP contribution in [-0.4, -0.2) is 12.9 Å². The molecule has 3 heteroatoms. The largest absolute Gasteiger partial charge is 0.496 e. The van der Waals surface area contributed by atoms with E-state index in [1.807, 2.05) is 36.4 Å². The zero-order valence-corrected chi connectivity index (χ0v) is 11.9. The number of rotatable bonds is 2. The number of halogens is 1. The molecule has 0 unspecified atom stereocenters. The van der Waals surface area contributed by atoms with Crippen molar-refractivity contribution in [2.24, 2.45) is 0 Å². The lowest BCUT2D eigenvalue weighted by Crippen LogP contribution is -1.99. The van der Waals surface area contributed by atoms with Crippen molar-refractivity contribution in [1.29, 1.82) is 0 Å². The van der Waals surface area contributed by atoms with Gasteiger partial charge in [0.25, 0.3) is 0 Å². The molecule has 2 nitrogen and oxygen atoms in total. The third kappa shape index (κ3) is 3.46. The Kier molecular flexibility index (Phi) is 4.38. The minimum atomic E-state index is -0.262. The number of ketones is 1. The normalized spacial score (nSPS) is 9.37. The molecule has 0 saturated heterocycles. The van der Waals surface area contributed by atoms with Crippen LogP contribution in [0.2, 0.25) is 0 Å². The maximum absolute atomic E-state index is 12.1. The highest BCUT2D eigenvalue weighted by Crippen LogP contribution is 2.23. The highest BCUT2D eigenvalue weighted by molar-refractivity contribution is 9.10. The topological polar surface area (TPSA) is 26.3 Å². The Morgan fingerprint density at radius 3 is 2.58 bits per heavy atom. The number of hydrogen-bond donors (Lipinski definition) is 0. The smallest absolute Gasteiger partial charge is 0.240 e. The SMILES string of the molecule is COc1ccc(Br)cc1C(=O)C#Cc1ccccc1. The molecule has 19 heavy (non-hydrogen) atoms. The van der Waals surface area contributed by atoms with E-state index in [9.17, 15) is 4.79 Å². The molecule has 0 aliphatic carbocycles. The summed E-state index contributed by atoms with van der Waals surface area (Å²) in [4.78, 5) is 12.1. The Morgan fingerprint density at radius 1 is 1.16 bits per heavy atom. The monoisotopic (exact) mass is 314 g/mol. The summed E-state index contributed by atoms with van der Waals surface area (Å²) in [5.74, 6) is 5.73. The Labute approximate surface area is 120 Å². The number of carbonyl (C=O) groups excluding carboxylic acids is 1. The van der Waals surface area contributed by atoms with Gasteiger partial charge in [0.1, 0.15) is 5.75 Å². The van der Waals surface area contributed by atoms with Gasteiger partial charge in [-0.1, -0.05) is 40.0 Å². The van der Waals surface area contributed by atoms with Crippen molar-refractivity contribution in [3.8, 4) is 17.6 Å². The van der Waals surface area contributed by atoms with Crippen LogP contribution in [-0.2, 0) is 0 Å². The van der Waals surface area contributed by atoms with Crippen molar-refractivity contribution < 1.29 is 9.53 Å². The fraction of sp³-hybridized carbons (Fsp3) is 0.0625. The molecule has 0 spiro atoms. The molecule has 0 aliphatic rings. The molecule has 2 aromatic carbocycles. The Hall–Kier alpha value is -2.05. The zero-order valence-electron chi connectivity index (χ0n) is 10.3. The molecule has 0 amide bonds. The van der Waals surface area contributed by atoms with Crippen LogP contribution < -0.4 is 4.74 Å². The summed E-state index contributed by atoms with van der Waals surface area (Å²) >= 11 is 3.33. The third-order valence-corrected chi connectivity index (χ3v) is 2.99. The van der Waals surface area contributed by atoms with Crippen LogP contribution in [0.4, 0.5) is 0 Å². The number of carbonyl (C=O) groups is 1. The minimum absolute atomic E-state index is 0.262. The first-order valence-electron chi connectivity index (χ1n) is 5.65. The van der Waals surface area contributed by atoms with E-state index in [0.717, 1.165) is 10.0 Å². The van der Waals surface area contributed by atoms with E-state index >= 15 is 0 Å². The third-order valence-electron chi connectivity index (χ3n) is 2.50. The number of Topliss-reactive ketones (excluding diaryl/α,β-unsaturated/α-hetero) is 1. The first-order valence-corrected chi connectivity index (χ1v) is 6.45. The van der Waals surface area contributed by atoms with Crippen molar-refractivity contribution in [1.82, 2.24) is 0 Å². The minimum Gasteiger partial charge on any atom is -0.496 e. The van der Waals surface area contributed by atoms with Gasteiger partial charge in [0.2, 0.25) is 5.78 Å². The predicted molar refractivity (Wildman–Crippen MR) is 78.3 cm³/mol. The highest BCUT2D eigenvalue weighted by atomic mass is 79.9. The van der Waals surface area contributed by atoms with Gasteiger partial charge >= 0.3 is 0 Å². The van der Waals surface area contributed by atoms with Gasteiger partial charge in [0, 0.05) is 10.0 Å². The second kappa shape index (κ2) is 6.21. The molecule has 0 bridgehead atoms. The summed E-state index contributed by atoms with van der Waals surface area (Å²) in [5.41, 5.74) is 1.27. The van der Waals surface area contributed by atoms with Gasteiger partial charge in [-0.25, -0.2) is 0 Å². The first-order chi connectivity index (χ1) is 9.20. The van der Waals surface area contributed by atoms with Gasteiger partial charge in [-0.15, -0.1) is 0 Å². The van der Waals surface area contributed by atoms with Gasteiger partial charge in [-0.2, -0.15) is 0 Å². The molecule has 0 aromatic heterocycles. The average Bonchev–Trinajstić information content (AvgIpc) is 2.46. The van der Waals surface area contributed by atoms with Crippen LogP contribution >= 0.6 is 15.9 Å². The van der Waals surface area contributed by atoms with E-state index in [-0.39, 0.29) is 5.78 Å². The summed E-state index contributed by atoms with van der Waals surface area (Å²) in [6.07, 6.45) is 0. The van der Waals surface area contributed by atoms with Crippen molar-refractivity contribution in [3.05, 3.63) is 64.1 Å². The summed E-state index contributed by atoms with van der Waals surface area (Å²) < 4.78 is 5.98. The standard InChI is InChI=1S/C16H11BrO2/c1-19-16-10-8-13(17)11-14(16)15(18)9-7-12-5-3-2-4-6-12/h2-6,8,10-11H,1H3. The molecular weight excluding hydrogens is 304 g/mol. The number of methoxy groups -OCH3 is 1. The summed E-state index contributed by atoms with van der Waals surface area (Å²) in [5, 5.41) is 0. The zero-order chi connectivity index (χ0) is 13.7.